The Balaban J connectivity index is 2.22. The third-order valence-corrected chi connectivity index (χ3v) is 1.74. The van der Waals surface area contributed by atoms with Crippen LogP contribution in [0.15, 0.2) is 12.2 Å². The summed E-state index contributed by atoms with van der Waals surface area (Å²) in [6.45, 7) is 1.21. The summed E-state index contributed by atoms with van der Waals surface area (Å²) in [5.74, 6) is 0.181. The van der Waals surface area contributed by atoms with E-state index in [-0.39, 0.29) is 12.0 Å². The van der Waals surface area contributed by atoms with Crippen LogP contribution in [0.5, 0.6) is 0 Å². The third-order valence-electron chi connectivity index (χ3n) is 1.74. The minimum Gasteiger partial charge on any atom is -0.467 e. The van der Waals surface area contributed by atoms with Crippen LogP contribution in [-0.2, 0) is 19.1 Å². The Morgan fingerprint density at radius 2 is 2.17 bits per heavy atom. The summed E-state index contributed by atoms with van der Waals surface area (Å²) < 4.78 is 9.27. The fourth-order valence-electron chi connectivity index (χ4n) is 1.20. The number of ether oxygens (including phenoxy) is 2. The fourth-order valence-corrected chi connectivity index (χ4v) is 1.20. The number of hydrogen-bond acceptors (Lipinski definition) is 4. The van der Waals surface area contributed by atoms with Gasteiger partial charge in [0.25, 0.3) is 12.9 Å². The first-order chi connectivity index (χ1) is 5.86. The van der Waals surface area contributed by atoms with Crippen molar-refractivity contribution in [3.05, 3.63) is 12.2 Å². The Labute approximate surface area is 70.1 Å². The molecule has 12 heavy (non-hydrogen) atoms. The highest BCUT2D eigenvalue weighted by atomic mass is 16.5. The first kappa shape index (κ1) is 8.77. The Bertz CT molecular complexity index is 187. The fraction of sp³-hybridized carbons (Fsp3) is 0.500. The molecule has 0 amide bonds. The highest BCUT2D eigenvalue weighted by Gasteiger charge is 2.19. The van der Waals surface area contributed by atoms with E-state index in [1.165, 1.54) is 0 Å². The van der Waals surface area contributed by atoms with Crippen molar-refractivity contribution in [3.8, 4) is 0 Å². The van der Waals surface area contributed by atoms with Gasteiger partial charge in [0.1, 0.15) is 6.10 Å². The van der Waals surface area contributed by atoms with E-state index in [1.807, 2.05) is 6.08 Å². The second kappa shape index (κ2) is 4.54. The molecule has 0 aromatic carbocycles. The molecule has 0 aliphatic heterocycles. The minimum atomic E-state index is -0.150. The normalized spacial score (nSPS) is 26.7. The first-order valence-electron chi connectivity index (χ1n) is 3.69. The van der Waals surface area contributed by atoms with Crippen LogP contribution >= 0.6 is 0 Å². The molecule has 66 valence electrons. The van der Waals surface area contributed by atoms with Crippen molar-refractivity contribution >= 4 is 12.9 Å². The van der Waals surface area contributed by atoms with Gasteiger partial charge in [-0.25, -0.2) is 0 Å². The van der Waals surface area contributed by atoms with Crippen molar-refractivity contribution in [1.82, 2.24) is 0 Å². The minimum absolute atomic E-state index is 0.150. The molecule has 4 heteroatoms. The molecule has 1 rings (SSSR count). The molecule has 0 bridgehead atoms. The average molecular weight is 170 g/mol. The molecule has 0 aromatic rings. The van der Waals surface area contributed by atoms with Gasteiger partial charge in [0.15, 0.2) is 0 Å². The summed E-state index contributed by atoms with van der Waals surface area (Å²) in [7, 11) is 0. The molecule has 0 saturated heterocycles. The molecule has 0 fully saturated rings. The summed E-state index contributed by atoms with van der Waals surface area (Å²) in [5.41, 5.74) is 0. The molecule has 2 atom stereocenters. The number of carbonyl (C=O) groups is 2. The number of carbonyl (C=O) groups excluding carboxylic acids is 2. The summed E-state index contributed by atoms with van der Waals surface area (Å²) in [4.78, 5) is 19.8. The van der Waals surface area contributed by atoms with Gasteiger partial charge in [-0.15, -0.1) is 0 Å². The molecule has 0 aromatic heterocycles. The summed E-state index contributed by atoms with van der Waals surface area (Å²) in [6.07, 6.45) is 4.24. The smallest absolute Gasteiger partial charge is 0.293 e. The molecule has 0 heterocycles. The molecule has 4 nitrogen and oxygen atoms in total. The lowest BCUT2D eigenvalue weighted by Gasteiger charge is -2.08. The van der Waals surface area contributed by atoms with Gasteiger partial charge in [-0.1, -0.05) is 6.08 Å². The second-order valence-corrected chi connectivity index (χ2v) is 2.58. The summed E-state index contributed by atoms with van der Waals surface area (Å²) in [5, 5.41) is 0. The largest absolute Gasteiger partial charge is 0.467 e. The SMILES string of the molecule is O=COCC1C=CC(OC=O)C1. The molecule has 1 aliphatic carbocycles. The van der Waals surface area contributed by atoms with Crippen molar-refractivity contribution in [2.24, 2.45) is 5.92 Å². The molecular weight excluding hydrogens is 160 g/mol. The van der Waals surface area contributed by atoms with Crippen LogP contribution in [0.1, 0.15) is 6.42 Å². The van der Waals surface area contributed by atoms with Gasteiger partial charge in [-0.2, -0.15) is 0 Å². The van der Waals surface area contributed by atoms with Gasteiger partial charge in [-0.3, -0.25) is 9.59 Å². The quantitative estimate of drug-likeness (QED) is 0.439. The lowest BCUT2D eigenvalue weighted by Crippen LogP contribution is -2.11. The molecule has 0 radical (unpaired) electrons. The van der Waals surface area contributed by atoms with Crippen molar-refractivity contribution < 1.29 is 19.1 Å². The molecule has 0 spiro atoms. The average Bonchev–Trinajstić information content (AvgIpc) is 2.50. The van der Waals surface area contributed by atoms with Gasteiger partial charge in [-0.05, 0) is 12.5 Å². The van der Waals surface area contributed by atoms with Crippen molar-refractivity contribution in [3.63, 3.8) is 0 Å². The molecular formula is C8H10O4. The van der Waals surface area contributed by atoms with Crippen LogP contribution in [0.2, 0.25) is 0 Å². The van der Waals surface area contributed by atoms with Crippen LogP contribution in [-0.4, -0.2) is 25.7 Å². The maximum absolute atomic E-state index is 9.94. The number of hydrogen-bond donors (Lipinski definition) is 0. The van der Waals surface area contributed by atoms with Crippen molar-refractivity contribution in [2.45, 2.75) is 12.5 Å². The van der Waals surface area contributed by atoms with Gasteiger partial charge >= 0.3 is 0 Å². The van der Waals surface area contributed by atoms with Crippen LogP contribution < -0.4 is 0 Å². The highest BCUT2D eigenvalue weighted by Crippen LogP contribution is 2.19. The van der Waals surface area contributed by atoms with E-state index in [4.69, 9.17) is 4.74 Å². The third kappa shape index (κ3) is 2.38. The van der Waals surface area contributed by atoms with E-state index in [2.05, 4.69) is 4.74 Å². The zero-order valence-corrected chi connectivity index (χ0v) is 6.51. The van der Waals surface area contributed by atoms with Gasteiger partial charge in [0.05, 0.1) is 6.61 Å². The zero-order valence-electron chi connectivity index (χ0n) is 6.51. The van der Waals surface area contributed by atoms with Crippen molar-refractivity contribution in [2.75, 3.05) is 6.61 Å². The Hall–Kier alpha value is -1.32. The predicted molar refractivity (Wildman–Crippen MR) is 40.2 cm³/mol. The van der Waals surface area contributed by atoms with Gasteiger partial charge in [0.2, 0.25) is 0 Å². The predicted octanol–water partition coefficient (Wildman–Crippen LogP) is 0.277. The zero-order chi connectivity index (χ0) is 8.81. The van der Waals surface area contributed by atoms with E-state index in [1.54, 1.807) is 6.08 Å². The van der Waals surface area contributed by atoms with Gasteiger partial charge in [0, 0.05) is 5.92 Å². The number of rotatable bonds is 5. The summed E-state index contributed by atoms with van der Waals surface area (Å²) >= 11 is 0. The maximum Gasteiger partial charge on any atom is 0.293 e. The Morgan fingerprint density at radius 3 is 2.83 bits per heavy atom. The van der Waals surface area contributed by atoms with E-state index in [9.17, 15) is 9.59 Å². The molecule has 0 N–H and O–H groups in total. The van der Waals surface area contributed by atoms with E-state index in [0.29, 0.717) is 26.0 Å². The molecule has 1 aliphatic rings. The van der Waals surface area contributed by atoms with E-state index in [0.717, 1.165) is 0 Å². The van der Waals surface area contributed by atoms with Crippen LogP contribution in [0.25, 0.3) is 0 Å². The Morgan fingerprint density at radius 1 is 1.33 bits per heavy atom. The maximum atomic E-state index is 9.94. The van der Waals surface area contributed by atoms with Gasteiger partial charge < -0.3 is 9.47 Å². The lowest BCUT2D eigenvalue weighted by molar-refractivity contribution is -0.133. The van der Waals surface area contributed by atoms with Crippen LogP contribution in [0, 0.1) is 5.92 Å². The Kier molecular flexibility index (Phi) is 3.32. The monoisotopic (exact) mass is 170 g/mol. The first-order valence-corrected chi connectivity index (χ1v) is 3.69. The van der Waals surface area contributed by atoms with Crippen molar-refractivity contribution in [1.29, 1.82) is 0 Å². The molecule has 2 unspecified atom stereocenters. The van der Waals surface area contributed by atoms with E-state index < -0.39 is 0 Å². The summed E-state index contributed by atoms with van der Waals surface area (Å²) in [6, 6.07) is 0. The standard InChI is InChI=1S/C8H10O4/c9-5-11-4-7-1-2-8(3-7)12-6-10/h1-2,5-8H,3-4H2. The highest BCUT2D eigenvalue weighted by molar-refractivity contribution is 5.38. The topological polar surface area (TPSA) is 52.6 Å². The van der Waals surface area contributed by atoms with Crippen LogP contribution in [0.3, 0.4) is 0 Å². The molecule has 0 saturated carbocycles. The van der Waals surface area contributed by atoms with E-state index >= 15 is 0 Å². The second-order valence-electron chi connectivity index (χ2n) is 2.58. The lowest BCUT2D eigenvalue weighted by atomic mass is 10.1. The van der Waals surface area contributed by atoms with Crippen LogP contribution in [0.4, 0.5) is 0 Å².